The second kappa shape index (κ2) is 13.3. The Kier molecular flexibility index (Phi) is 10.2. The molecule has 7 heteroatoms. The lowest BCUT2D eigenvalue weighted by molar-refractivity contribution is -0.141. The monoisotopic (exact) mass is 526 g/mol. The fraction of sp³-hybridized carbons (Fsp3) is 0.310. The van der Waals surface area contributed by atoms with E-state index in [0.29, 0.717) is 27.8 Å². The number of ether oxygens (including phenoxy) is 1. The van der Waals surface area contributed by atoms with Gasteiger partial charge in [-0.05, 0) is 48.7 Å². The van der Waals surface area contributed by atoms with E-state index in [4.69, 9.17) is 27.9 Å². The summed E-state index contributed by atoms with van der Waals surface area (Å²) in [5.74, 6) is 0.302. The number of halogens is 2. The lowest BCUT2D eigenvalue weighted by Crippen LogP contribution is -2.52. The number of carbonyl (C=O) groups excluding carboxylic acids is 2. The van der Waals surface area contributed by atoms with Gasteiger partial charge in [-0.25, -0.2) is 0 Å². The van der Waals surface area contributed by atoms with Crippen molar-refractivity contribution in [3.63, 3.8) is 0 Å². The van der Waals surface area contributed by atoms with Crippen molar-refractivity contribution in [1.29, 1.82) is 0 Å². The third-order valence-corrected chi connectivity index (χ3v) is 6.88. The van der Waals surface area contributed by atoms with Gasteiger partial charge in [-0.1, -0.05) is 78.7 Å². The summed E-state index contributed by atoms with van der Waals surface area (Å²) >= 11 is 13.0. The number of hydrogen-bond donors (Lipinski definition) is 1. The molecule has 0 unspecified atom stereocenters. The highest BCUT2D eigenvalue weighted by Crippen LogP contribution is 2.28. The minimum atomic E-state index is -0.750. The van der Waals surface area contributed by atoms with Gasteiger partial charge in [-0.15, -0.1) is 0 Å². The number of amides is 2. The molecule has 0 aliphatic carbocycles. The van der Waals surface area contributed by atoms with E-state index in [2.05, 4.69) is 5.32 Å². The number of methoxy groups -OCH3 is 1. The van der Waals surface area contributed by atoms with Crippen LogP contribution in [0.25, 0.3) is 0 Å². The number of benzene rings is 3. The van der Waals surface area contributed by atoms with E-state index in [1.54, 1.807) is 30.2 Å². The molecule has 0 bridgehead atoms. The van der Waals surface area contributed by atoms with Gasteiger partial charge >= 0.3 is 0 Å². The molecule has 0 aromatic heterocycles. The van der Waals surface area contributed by atoms with Crippen LogP contribution in [0, 0.1) is 0 Å². The average molecular weight is 527 g/mol. The van der Waals surface area contributed by atoms with E-state index in [9.17, 15) is 9.59 Å². The first-order chi connectivity index (χ1) is 17.3. The highest BCUT2D eigenvalue weighted by molar-refractivity contribution is 6.36. The molecule has 5 nitrogen and oxygen atoms in total. The summed E-state index contributed by atoms with van der Waals surface area (Å²) in [5.41, 5.74) is 2.38. The third-order valence-electron chi connectivity index (χ3n) is 6.18. The maximum absolute atomic E-state index is 13.8. The molecule has 3 aromatic rings. The first-order valence-corrected chi connectivity index (χ1v) is 12.8. The summed E-state index contributed by atoms with van der Waals surface area (Å²) in [6.07, 6.45) is 1.26. The van der Waals surface area contributed by atoms with Crippen molar-refractivity contribution in [3.05, 3.63) is 99.5 Å². The van der Waals surface area contributed by atoms with Crippen molar-refractivity contribution >= 4 is 35.0 Å². The summed E-state index contributed by atoms with van der Waals surface area (Å²) < 4.78 is 5.23. The number of hydrogen-bond acceptors (Lipinski definition) is 3. The lowest BCUT2D eigenvalue weighted by Gasteiger charge is -2.33. The molecule has 2 amide bonds. The van der Waals surface area contributed by atoms with Gasteiger partial charge in [0.05, 0.1) is 13.5 Å². The summed E-state index contributed by atoms with van der Waals surface area (Å²) in [4.78, 5) is 29.0. The van der Waals surface area contributed by atoms with Crippen molar-refractivity contribution in [2.24, 2.45) is 0 Å². The second-order valence-electron chi connectivity index (χ2n) is 8.77. The molecule has 2 atom stereocenters. The highest BCUT2D eigenvalue weighted by atomic mass is 35.5. The molecule has 36 heavy (non-hydrogen) atoms. The first kappa shape index (κ1) is 27.6. The van der Waals surface area contributed by atoms with E-state index in [0.717, 1.165) is 17.5 Å². The quantitative estimate of drug-likeness (QED) is 0.328. The summed E-state index contributed by atoms with van der Waals surface area (Å²) in [6, 6.07) is 21.5. The van der Waals surface area contributed by atoms with Gasteiger partial charge < -0.3 is 15.0 Å². The van der Waals surface area contributed by atoms with E-state index in [1.165, 1.54) is 0 Å². The molecule has 0 aliphatic rings. The molecule has 0 fully saturated rings. The van der Waals surface area contributed by atoms with Crippen LogP contribution in [-0.4, -0.2) is 35.9 Å². The van der Waals surface area contributed by atoms with Gasteiger partial charge in [0.1, 0.15) is 11.8 Å². The lowest BCUT2D eigenvalue weighted by atomic mass is 10.0. The number of rotatable bonds is 11. The molecular formula is C29H32Cl2N2O3. The van der Waals surface area contributed by atoms with Crippen LogP contribution in [0.2, 0.25) is 10.0 Å². The molecule has 1 N–H and O–H groups in total. The van der Waals surface area contributed by atoms with Crippen molar-refractivity contribution in [3.8, 4) is 5.75 Å². The fourth-order valence-corrected chi connectivity index (χ4v) is 4.39. The standard InChI is InChI=1S/C29H32Cl2N2O3/c1-4-20(2)32-29(35)27(17-21-9-6-5-7-10-21)33(19-24-25(30)11-8-12-26(24)31)28(34)18-22-13-15-23(36-3)16-14-22/h5-16,20,27H,4,17-19H2,1-3H3,(H,32,35)/t20-,27-/m0/s1. The van der Waals surface area contributed by atoms with Crippen LogP contribution in [-0.2, 0) is 29.0 Å². The maximum Gasteiger partial charge on any atom is 0.243 e. The third kappa shape index (κ3) is 7.49. The van der Waals surface area contributed by atoms with Crippen molar-refractivity contribution in [2.45, 2.75) is 51.7 Å². The molecule has 0 spiro atoms. The largest absolute Gasteiger partial charge is 0.497 e. The topological polar surface area (TPSA) is 58.6 Å². The van der Waals surface area contributed by atoms with Gasteiger partial charge in [-0.2, -0.15) is 0 Å². The minimum Gasteiger partial charge on any atom is -0.497 e. The van der Waals surface area contributed by atoms with Gasteiger partial charge in [0, 0.05) is 34.6 Å². The number of carbonyl (C=O) groups is 2. The Labute approximate surface area is 223 Å². The van der Waals surface area contributed by atoms with Crippen molar-refractivity contribution in [1.82, 2.24) is 10.2 Å². The zero-order valence-electron chi connectivity index (χ0n) is 20.8. The molecule has 190 valence electrons. The Morgan fingerprint density at radius 3 is 2.14 bits per heavy atom. The Balaban J connectivity index is 2.00. The summed E-state index contributed by atoms with van der Waals surface area (Å²) in [6.45, 7) is 4.07. The maximum atomic E-state index is 13.8. The Hall–Kier alpha value is -3.02. The van der Waals surface area contributed by atoms with Crippen LogP contribution in [0.1, 0.15) is 37.0 Å². The highest BCUT2D eigenvalue weighted by Gasteiger charge is 2.31. The molecular weight excluding hydrogens is 495 g/mol. The SMILES string of the molecule is CC[C@H](C)NC(=O)[C@H](Cc1ccccc1)N(Cc1c(Cl)cccc1Cl)C(=O)Cc1ccc(OC)cc1. The molecule has 3 rings (SSSR count). The van der Waals surface area contributed by atoms with Crippen LogP contribution < -0.4 is 10.1 Å². The predicted molar refractivity (Wildman–Crippen MR) is 146 cm³/mol. The smallest absolute Gasteiger partial charge is 0.243 e. The molecule has 0 radical (unpaired) electrons. The first-order valence-electron chi connectivity index (χ1n) is 12.0. The minimum absolute atomic E-state index is 0.0294. The van der Waals surface area contributed by atoms with E-state index in [-0.39, 0.29) is 30.8 Å². The van der Waals surface area contributed by atoms with Gasteiger partial charge in [0.2, 0.25) is 11.8 Å². The summed E-state index contributed by atoms with van der Waals surface area (Å²) in [7, 11) is 1.60. The van der Waals surface area contributed by atoms with Crippen LogP contribution in [0.4, 0.5) is 0 Å². The van der Waals surface area contributed by atoms with Crippen LogP contribution in [0.3, 0.4) is 0 Å². The second-order valence-corrected chi connectivity index (χ2v) is 9.58. The fourth-order valence-electron chi connectivity index (χ4n) is 3.87. The normalized spacial score (nSPS) is 12.5. The zero-order valence-corrected chi connectivity index (χ0v) is 22.4. The molecule has 0 saturated carbocycles. The molecule has 3 aromatic carbocycles. The van der Waals surface area contributed by atoms with Gasteiger partial charge in [0.15, 0.2) is 0 Å². The van der Waals surface area contributed by atoms with Gasteiger partial charge in [-0.3, -0.25) is 9.59 Å². The Bertz CT molecular complexity index is 1130. The van der Waals surface area contributed by atoms with Crippen LogP contribution in [0.5, 0.6) is 5.75 Å². The Morgan fingerprint density at radius 2 is 1.56 bits per heavy atom. The summed E-state index contributed by atoms with van der Waals surface area (Å²) in [5, 5.41) is 3.96. The number of nitrogens with one attached hydrogen (secondary N) is 1. The molecule has 0 heterocycles. The van der Waals surface area contributed by atoms with E-state index >= 15 is 0 Å². The van der Waals surface area contributed by atoms with Crippen molar-refractivity contribution in [2.75, 3.05) is 7.11 Å². The van der Waals surface area contributed by atoms with Crippen LogP contribution in [0.15, 0.2) is 72.8 Å². The molecule has 0 saturated heterocycles. The number of nitrogens with zero attached hydrogens (tertiary/aromatic N) is 1. The molecule has 0 aliphatic heterocycles. The average Bonchev–Trinajstić information content (AvgIpc) is 2.88. The van der Waals surface area contributed by atoms with Gasteiger partial charge in [0.25, 0.3) is 0 Å². The van der Waals surface area contributed by atoms with Crippen LogP contribution >= 0.6 is 23.2 Å². The Morgan fingerprint density at radius 1 is 0.917 bits per heavy atom. The zero-order chi connectivity index (χ0) is 26.1. The van der Waals surface area contributed by atoms with E-state index in [1.807, 2.05) is 68.4 Å². The van der Waals surface area contributed by atoms with Crippen molar-refractivity contribution < 1.29 is 14.3 Å². The predicted octanol–water partition coefficient (Wildman–Crippen LogP) is 6.10. The van der Waals surface area contributed by atoms with E-state index < -0.39 is 6.04 Å².